The van der Waals surface area contributed by atoms with Crippen molar-refractivity contribution in [3.05, 3.63) is 18.1 Å². The average Bonchev–Trinajstić information content (AvgIpc) is 3.19. The van der Waals surface area contributed by atoms with Crippen LogP contribution in [0.4, 0.5) is 0 Å². The number of carbonyl (C=O) groups excluding carboxylic acids is 1. The van der Waals surface area contributed by atoms with Crippen molar-refractivity contribution in [2.75, 3.05) is 13.7 Å². The van der Waals surface area contributed by atoms with E-state index < -0.39 is 0 Å². The minimum Gasteiger partial charge on any atom is -0.480 e. The molecule has 0 aliphatic heterocycles. The fraction of sp³-hybridized carbons (Fsp3) is 0.545. The molecule has 1 fully saturated rings. The summed E-state index contributed by atoms with van der Waals surface area (Å²) < 4.78 is 5.12. The Balaban J connectivity index is 2.14. The van der Waals surface area contributed by atoms with E-state index in [-0.39, 0.29) is 12.5 Å². The predicted octanol–water partition coefficient (Wildman–Crippen LogP) is -0.0651. The zero-order valence-corrected chi connectivity index (χ0v) is 9.80. The summed E-state index contributed by atoms with van der Waals surface area (Å²) in [7, 11) is 1.54. The molecule has 92 valence electrons. The van der Waals surface area contributed by atoms with Crippen LogP contribution in [0.2, 0.25) is 0 Å². The summed E-state index contributed by atoms with van der Waals surface area (Å²) in [5.41, 5.74) is 6.07. The molecule has 0 spiro atoms. The van der Waals surface area contributed by atoms with Gasteiger partial charge in [-0.05, 0) is 12.8 Å². The van der Waals surface area contributed by atoms with Gasteiger partial charge in [0.1, 0.15) is 5.69 Å². The van der Waals surface area contributed by atoms with E-state index in [0.717, 1.165) is 12.8 Å². The number of carbonyl (C=O) groups is 1. The molecule has 1 saturated carbocycles. The molecule has 0 atom stereocenters. The Labute approximate surface area is 99.8 Å². The van der Waals surface area contributed by atoms with E-state index in [1.54, 1.807) is 24.4 Å². The number of amides is 1. The molecule has 1 aromatic heterocycles. The molecule has 1 aromatic rings. The van der Waals surface area contributed by atoms with E-state index in [4.69, 9.17) is 10.5 Å². The van der Waals surface area contributed by atoms with Crippen LogP contribution in [0.25, 0.3) is 0 Å². The molecule has 1 aliphatic rings. The molecule has 2 rings (SSSR count). The minimum atomic E-state index is -0.0554. The zero-order valence-electron chi connectivity index (χ0n) is 9.80. The Morgan fingerprint density at radius 1 is 1.53 bits per heavy atom. The van der Waals surface area contributed by atoms with Crippen LogP contribution in [0.1, 0.15) is 18.5 Å². The maximum Gasteiger partial charge on any atom is 0.237 e. The third kappa shape index (κ3) is 2.71. The van der Waals surface area contributed by atoms with Crippen molar-refractivity contribution in [2.45, 2.75) is 25.4 Å². The minimum absolute atomic E-state index is 0.0269. The third-order valence-electron chi connectivity index (χ3n) is 2.73. The third-order valence-corrected chi connectivity index (χ3v) is 2.73. The van der Waals surface area contributed by atoms with Crippen molar-refractivity contribution in [3.8, 4) is 5.88 Å². The molecular weight excluding hydrogens is 220 g/mol. The lowest BCUT2D eigenvalue weighted by molar-refractivity contribution is -0.130. The number of aromatic nitrogens is 2. The van der Waals surface area contributed by atoms with Gasteiger partial charge in [0.15, 0.2) is 0 Å². The average molecular weight is 236 g/mol. The predicted molar refractivity (Wildman–Crippen MR) is 61.2 cm³/mol. The highest BCUT2D eigenvalue weighted by atomic mass is 16.5. The van der Waals surface area contributed by atoms with Gasteiger partial charge in [0.05, 0.1) is 20.2 Å². The number of nitrogens with two attached hydrogens (primary N) is 1. The van der Waals surface area contributed by atoms with Crippen LogP contribution in [0, 0.1) is 0 Å². The Morgan fingerprint density at radius 3 is 2.82 bits per heavy atom. The quantitative estimate of drug-likeness (QED) is 0.774. The maximum atomic E-state index is 11.7. The number of hydrogen-bond donors (Lipinski definition) is 1. The number of methoxy groups -OCH3 is 1. The number of rotatable bonds is 5. The van der Waals surface area contributed by atoms with E-state index >= 15 is 0 Å². The van der Waals surface area contributed by atoms with Crippen molar-refractivity contribution in [2.24, 2.45) is 5.73 Å². The standard InChI is InChI=1S/C11H16N4O2/c1-17-11-9(13-4-5-14-11)7-15(8-2-3-8)10(16)6-12/h4-5,8H,2-3,6-7,12H2,1H3. The lowest BCUT2D eigenvalue weighted by Gasteiger charge is -2.21. The van der Waals surface area contributed by atoms with Gasteiger partial charge < -0.3 is 15.4 Å². The topological polar surface area (TPSA) is 81.3 Å². The van der Waals surface area contributed by atoms with Gasteiger partial charge in [0.2, 0.25) is 11.8 Å². The number of hydrogen-bond acceptors (Lipinski definition) is 5. The van der Waals surface area contributed by atoms with Gasteiger partial charge in [-0.2, -0.15) is 0 Å². The van der Waals surface area contributed by atoms with Crippen LogP contribution in [0.5, 0.6) is 5.88 Å². The Morgan fingerprint density at radius 2 is 2.24 bits per heavy atom. The van der Waals surface area contributed by atoms with E-state index in [1.165, 1.54) is 0 Å². The molecule has 2 N–H and O–H groups in total. The van der Waals surface area contributed by atoms with Gasteiger partial charge >= 0.3 is 0 Å². The molecule has 1 amide bonds. The zero-order chi connectivity index (χ0) is 12.3. The van der Waals surface area contributed by atoms with Crippen molar-refractivity contribution in [1.29, 1.82) is 0 Å². The molecule has 17 heavy (non-hydrogen) atoms. The second-order valence-corrected chi connectivity index (χ2v) is 3.97. The summed E-state index contributed by atoms with van der Waals surface area (Å²) in [4.78, 5) is 21.7. The molecule has 0 saturated heterocycles. The van der Waals surface area contributed by atoms with Crippen molar-refractivity contribution in [3.63, 3.8) is 0 Å². The first-order valence-electron chi connectivity index (χ1n) is 5.59. The fourth-order valence-electron chi connectivity index (χ4n) is 1.72. The van der Waals surface area contributed by atoms with Gasteiger partial charge in [-0.3, -0.25) is 9.78 Å². The summed E-state index contributed by atoms with van der Waals surface area (Å²) >= 11 is 0. The van der Waals surface area contributed by atoms with Crippen LogP contribution in [-0.2, 0) is 11.3 Å². The fourth-order valence-corrected chi connectivity index (χ4v) is 1.72. The smallest absolute Gasteiger partial charge is 0.237 e. The second kappa shape index (κ2) is 5.09. The molecule has 0 bridgehead atoms. The van der Waals surface area contributed by atoms with Crippen molar-refractivity contribution >= 4 is 5.91 Å². The van der Waals surface area contributed by atoms with E-state index in [0.29, 0.717) is 24.2 Å². The Hall–Kier alpha value is -1.69. The van der Waals surface area contributed by atoms with Crippen LogP contribution < -0.4 is 10.5 Å². The SMILES string of the molecule is COc1nccnc1CN(C(=O)CN)C1CC1. The molecule has 6 heteroatoms. The van der Waals surface area contributed by atoms with Gasteiger partial charge in [0.25, 0.3) is 0 Å². The first-order chi connectivity index (χ1) is 8.26. The van der Waals surface area contributed by atoms with Gasteiger partial charge in [-0.25, -0.2) is 4.98 Å². The molecule has 0 unspecified atom stereocenters. The van der Waals surface area contributed by atoms with Crippen molar-refractivity contribution in [1.82, 2.24) is 14.9 Å². The van der Waals surface area contributed by atoms with Gasteiger partial charge in [-0.1, -0.05) is 0 Å². The monoisotopic (exact) mass is 236 g/mol. The molecule has 6 nitrogen and oxygen atoms in total. The van der Waals surface area contributed by atoms with Crippen LogP contribution >= 0.6 is 0 Å². The first kappa shape index (κ1) is 11.8. The highest BCUT2D eigenvalue weighted by Crippen LogP contribution is 2.29. The molecule has 0 aromatic carbocycles. The number of nitrogens with zero attached hydrogens (tertiary/aromatic N) is 3. The summed E-state index contributed by atoms with van der Waals surface area (Å²) in [6.07, 6.45) is 5.23. The van der Waals surface area contributed by atoms with E-state index in [9.17, 15) is 4.79 Å². The van der Waals surface area contributed by atoms with Crippen LogP contribution in [-0.4, -0.2) is 40.5 Å². The maximum absolute atomic E-state index is 11.7. The van der Waals surface area contributed by atoms with Crippen LogP contribution in [0.3, 0.4) is 0 Å². The van der Waals surface area contributed by atoms with Gasteiger partial charge in [0, 0.05) is 18.4 Å². The summed E-state index contributed by atoms with van der Waals surface area (Å²) in [5.74, 6) is 0.406. The van der Waals surface area contributed by atoms with E-state index in [1.807, 2.05) is 0 Å². The second-order valence-electron chi connectivity index (χ2n) is 3.97. The normalized spacial score (nSPS) is 14.5. The summed E-state index contributed by atoms with van der Waals surface area (Å²) in [6.45, 7) is 0.441. The first-order valence-corrected chi connectivity index (χ1v) is 5.59. The molecule has 1 aliphatic carbocycles. The highest BCUT2D eigenvalue weighted by Gasteiger charge is 2.32. The Kier molecular flexibility index (Phi) is 3.53. The number of ether oxygens (including phenoxy) is 1. The molecular formula is C11H16N4O2. The largest absolute Gasteiger partial charge is 0.480 e. The van der Waals surface area contributed by atoms with Crippen molar-refractivity contribution < 1.29 is 9.53 Å². The molecule has 0 radical (unpaired) electrons. The summed E-state index contributed by atoms with van der Waals surface area (Å²) in [6, 6.07) is 0.303. The summed E-state index contributed by atoms with van der Waals surface area (Å²) in [5, 5.41) is 0. The lowest BCUT2D eigenvalue weighted by atomic mass is 10.3. The lowest BCUT2D eigenvalue weighted by Crippen LogP contribution is -2.37. The van der Waals surface area contributed by atoms with Crippen LogP contribution in [0.15, 0.2) is 12.4 Å². The Bertz CT molecular complexity index is 406. The molecule has 1 heterocycles. The highest BCUT2D eigenvalue weighted by molar-refractivity contribution is 5.78. The van der Waals surface area contributed by atoms with Gasteiger partial charge in [-0.15, -0.1) is 0 Å². The van der Waals surface area contributed by atoms with E-state index in [2.05, 4.69) is 9.97 Å².